The van der Waals surface area contributed by atoms with Crippen LogP contribution in [0.3, 0.4) is 0 Å². The summed E-state index contributed by atoms with van der Waals surface area (Å²) >= 11 is 0. The SMILES string of the molecule is Cc1ccc2c(Cc3cncc(C(C)(F)F)c3)noc2c1C#Cc1cnc2[nH]ncc2c1. The molecule has 0 aliphatic rings. The second kappa shape index (κ2) is 7.54. The highest BCUT2D eigenvalue weighted by molar-refractivity contribution is 5.86. The first kappa shape index (κ1) is 19.8. The molecule has 4 heterocycles. The number of fused-ring (bicyclic) bond motifs is 2. The van der Waals surface area contributed by atoms with Gasteiger partial charge in [0.05, 0.1) is 17.5 Å². The first-order chi connectivity index (χ1) is 15.4. The number of aromatic nitrogens is 5. The number of aryl methyl sites for hydroxylation is 1. The fourth-order valence-electron chi connectivity index (χ4n) is 3.49. The summed E-state index contributed by atoms with van der Waals surface area (Å²) in [5.74, 6) is 3.34. The minimum atomic E-state index is -2.96. The Labute approximate surface area is 181 Å². The fourth-order valence-corrected chi connectivity index (χ4v) is 3.49. The van der Waals surface area contributed by atoms with Crippen LogP contribution in [0.4, 0.5) is 8.78 Å². The summed E-state index contributed by atoms with van der Waals surface area (Å²) in [5.41, 5.74) is 4.82. The molecule has 5 aromatic rings. The molecule has 8 heteroatoms. The molecule has 0 radical (unpaired) electrons. The number of pyridine rings is 2. The Morgan fingerprint density at radius 1 is 1.09 bits per heavy atom. The van der Waals surface area contributed by atoms with E-state index in [1.807, 2.05) is 25.1 Å². The van der Waals surface area contributed by atoms with Crippen molar-refractivity contribution >= 4 is 22.0 Å². The molecule has 32 heavy (non-hydrogen) atoms. The van der Waals surface area contributed by atoms with Crippen molar-refractivity contribution in [1.82, 2.24) is 25.3 Å². The van der Waals surface area contributed by atoms with Crippen LogP contribution < -0.4 is 0 Å². The summed E-state index contributed by atoms with van der Waals surface area (Å²) in [4.78, 5) is 8.25. The van der Waals surface area contributed by atoms with E-state index < -0.39 is 5.92 Å². The summed E-state index contributed by atoms with van der Waals surface area (Å²) in [6.07, 6.45) is 6.43. The van der Waals surface area contributed by atoms with Gasteiger partial charge in [0.2, 0.25) is 0 Å². The van der Waals surface area contributed by atoms with Crippen molar-refractivity contribution in [2.75, 3.05) is 0 Å². The number of aromatic amines is 1. The molecule has 5 rings (SSSR count). The van der Waals surface area contributed by atoms with E-state index in [4.69, 9.17) is 4.52 Å². The maximum absolute atomic E-state index is 13.7. The van der Waals surface area contributed by atoms with Gasteiger partial charge in [-0.3, -0.25) is 10.1 Å². The predicted octanol–water partition coefficient (Wildman–Crippen LogP) is 4.90. The molecule has 0 fully saturated rings. The van der Waals surface area contributed by atoms with Crippen molar-refractivity contribution in [3.63, 3.8) is 0 Å². The number of nitrogens with zero attached hydrogens (tertiary/aromatic N) is 4. The largest absolute Gasteiger partial charge is 0.355 e. The van der Waals surface area contributed by atoms with Crippen molar-refractivity contribution < 1.29 is 13.3 Å². The van der Waals surface area contributed by atoms with Crippen molar-refractivity contribution in [3.8, 4) is 11.8 Å². The first-order valence-corrected chi connectivity index (χ1v) is 9.90. The van der Waals surface area contributed by atoms with Gasteiger partial charge < -0.3 is 4.52 Å². The van der Waals surface area contributed by atoms with Gasteiger partial charge >= 0.3 is 0 Å². The van der Waals surface area contributed by atoms with E-state index in [1.54, 1.807) is 18.6 Å². The highest BCUT2D eigenvalue weighted by atomic mass is 19.3. The standard InChI is InChI=1S/C24H17F2N5O/c1-14-3-5-20-21(9-16-8-18(13-27-10-16)24(2,25)26)31-32-22(20)19(14)6-4-15-7-17-12-29-30-23(17)28-11-15/h3,5,7-8,10-13H,9H2,1-2H3,(H,28,29,30). The van der Waals surface area contributed by atoms with E-state index >= 15 is 0 Å². The highest BCUT2D eigenvalue weighted by Crippen LogP contribution is 2.29. The summed E-state index contributed by atoms with van der Waals surface area (Å²) < 4.78 is 32.9. The molecule has 1 aromatic carbocycles. The average molecular weight is 429 g/mol. The molecule has 6 nitrogen and oxygen atoms in total. The highest BCUT2D eigenvalue weighted by Gasteiger charge is 2.25. The lowest BCUT2D eigenvalue weighted by Gasteiger charge is -2.10. The van der Waals surface area contributed by atoms with Gasteiger partial charge in [-0.1, -0.05) is 23.1 Å². The molecule has 0 aliphatic carbocycles. The molecule has 4 aromatic heterocycles. The number of benzene rings is 1. The third-order valence-electron chi connectivity index (χ3n) is 5.22. The number of nitrogens with one attached hydrogen (secondary N) is 1. The van der Waals surface area contributed by atoms with E-state index in [9.17, 15) is 8.78 Å². The second-order valence-electron chi connectivity index (χ2n) is 7.69. The number of H-pyrrole nitrogens is 1. The van der Waals surface area contributed by atoms with Crippen LogP contribution in [-0.2, 0) is 12.3 Å². The van der Waals surface area contributed by atoms with Gasteiger partial charge in [-0.15, -0.1) is 0 Å². The minimum Gasteiger partial charge on any atom is -0.355 e. The molecule has 0 saturated heterocycles. The van der Waals surface area contributed by atoms with Gasteiger partial charge in [-0.25, -0.2) is 13.8 Å². The van der Waals surface area contributed by atoms with Crippen molar-refractivity contribution in [2.24, 2.45) is 0 Å². The molecular formula is C24H17F2N5O. The van der Waals surface area contributed by atoms with Crippen LogP contribution in [0.1, 0.15) is 40.4 Å². The van der Waals surface area contributed by atoms with E-state index in [-0.39, 0.29) is 5.56 Å². The van der Waals surface area contributed by atoms with Crippen LogP contribution in [-0.4, -0.2) is 25.3 Å². The molecular weight excluding hydrogens is 412 g/mol. The Morgan fingerprint density at radius 2 is 1.97 bits per heavy atom. The third kappa shape index (κ3) is 3.69. The number of alkyl halides is 2. The Bertz CT molecular complexity index is 1520. The van der Waals surface area contributed by atoms with Crippen molar-refractivity contribution in [1.29, 1.82) is 0 Å². The molecule has 0 unspecified atom stereocenters. The van der Waals surface area contributed by atoms with E-state index in [1.165, 1.54) is 12.3 Å². The van der Waals surface area contributed by atoms with Crippen molar-refractivity contribution in [3.05, 3.63) is 82.6 Å². The molecule has 1 N–H and O–H groups in total. The predicted molar refractivity (Wildman–Crippen MR) is 115 cm³/mol. The summed E-state index contributed by atoms with van der Waals surface area (Å²) in [6, 6.07) is 7.21. The molecule has 0 atom stereocenters. The zero-order valence-electron chi connectivity index (χ0n) is 17.3. The van der Waals surface area contributed by atoms with Gasteiger partial charge in [0.15, 0.2) is 11.2 Å². The lowest BCUT2D eigenvalue weighted by molar-refractivity contribution is 0.0170. The Hall–Kier alpha value is -4.12. The summed E-state index contributed by atoms with van der Waals surface area (Å²) in [5, 5.41) is 12.6. The van der Waals surface area contributed by atoms with Crippen molar-refractivity contribution in [2.45, 2.75) is 26.2 Å². The molecule has 0 saturated carbocycles. The minimum absolute atomic E-state index is 0.131. The van der Waals surface area contributed by atoms with Gasteiger partial charge in [-0.2, -0.15) is 5.10 Å². The Balaban J connectivity index is 1.51. The quantitative estimate of drug-likeness (QED) is 0.413. The molecule has 0 aliphatic heterocycles. The number of rotatable bonds is 3. The summed E-state index contributed by atoms with van der Waals surface area (Å²) in [6.45, 7) is 2.80. The smallest absolute Gasteiger partial charge is 0.272 e. The van der Waals surface area contributed by atoms with Crippen LogP contribution in [0.5, 0.6) is 0 Å². The van der Waals surface area contributed by atoms with Crippen LogP contribution in [0.2, 0.25) is 0 Å². The van der Waals surface area contributed by atoms with Crippen LogP contribution >= 0.6 is 0 Å². The van der Waals surface area contributed by atoms with E-state index in [2.05, 4.69) is 37.2 Å². The topological polar surface area (TPSA) is 80.5 Å². The number of hydrogen-bond donors (Lipinski definition) is 1. The maximum atomic E-state index is 13.7. The average Bonchev–Trinajstić information content (AvgIpc) is 3.39. The van der Waals surface area contributed by atoms with Gasteiger partial charge in [-0.05, 0) is 36.2 Å². The first-order valence-electron chi connectivity index (χ1n) is 9.90. The normalized spacial score (nSPS) is 11.6. The second-order valence-corrected chi connectivity index (χ2v) is 7.69. The van der Waals surface area contributed by atoms with Gasteiger partial charge in [0.1, 0.15) is 0 Å². The zero-order chi connectivity index (χ0) is 22.3. The van der Waals surface area contributed by atoms with Gasteiger partial charge in [0.25, 0.3) is 5.92 Å². The Kier molecular flexibility index (Phi) is 4.67. The van der Waals surface area contributed by atoms with Crippen LogP contribution in [0.15, 0.2) is 53.6 Å². The lowest BCUT2D eigenvalue weighted by atomic mass is 10.0. The summed E-state index contributed by atoms with van der Waals surface area (Å²) in [7, 11) is 0. The van der Waals surface area contributed by atoms with Crippen LogP contribution in [0.25, 0.3) is 22.0 Å². The van der Waals surface area contributed by atoms with Crippen LogP contribution in [0, 0.1) is 18.8 Å². The maximum Gasteiger partial charge on any atom is 0.272 e. The Morgan fingerprint density at radius 3 is 2.81 bits per heavy atom. The van der Waals surface area contributed by atoms with E-state index in [0.29, 0.717) is 28.9 Å². The lowest BCUT2D eigenvalue weighted by Crippen LogP contribution is -2.08. The zero-order valence-corrected chi connectivity index (χ0v) is 17.3. The number of halogens is 2. The monoisotopic (exact) mass is 429 g/mol. The fraction of sp³-hybridized carbons (Fsp3) is 0.167. The van der Waals surface area contributed by atoms with Gasteiger partial charge in [0, 0.05) is 53.8 Å². The molecule has 158 valence electrons. The molecule has 0 amide bonds. The molecule has 0 bridgehead atoms. The van der Waals surface area contributed by atoms with E-state index in [0.717, 1.165) is 34.4 Å². The molecule has 0 spiro atoms. The third-order valence-corrected chi connectivity index (χ3v) is 5.22. The number of hydrogen-bond acceptors (Lipinski definition) is 5.